The predicted molar refractivity (Wildman–Crippen MR) is 82.3 cm³/mol. The number of carbonyl (C=O) groups excluding carboxylic acids is 1. The summed E-state index contributed by atoms with van der Waals surface area (Å²) in [6.45, 7) is 0.168. The highest BCUT2D eigenvalue weighted by atomic mass is 35.5. The van der Waals surface area contributed by atoms with Gasteiger partial charge in [0.2, 0.25) is 0 Å². The Hall–Kier alpha value is -1.98. The van der Waals surface area contributed by atoms with Crippen LogP contribution in [0.2, 0.25) is 5.02 Å². The lowest BCUT2D eigenvalue weighted by Gasteiger charge is -2.15. The van der Waals surface area contributed by atoms with Crippen molar-refractivity contribution >= 4 is 17.5 Å². The summed E-state index contributed by atoms with van der Waals surface area (Å²) in [5.74, 6) is -1.34. The van der Waals surface area contributed by atoms with Gasteiger partial charge in [-0.1, -0.05) is 23.7 Å². The largest absolute Gasteiger partial charge is 0.396 e. The van der Waals surface area contributed by atoms with Crippen molar-refractivity contribution in [3.8, 4) is 0 Å². The first-order valence-electron chi connectivity index (χ1n) is 6.83. The molecule has 0 fully saturated rings. The van der Waals surface area contributed by atoms with Crippen LogP contribution in [0.4, 0.5) is 4.39 Å². The number of benzene rings is 1. The standard InChI is InChI=1S/C16H16ClFN2O2/c17-13-3-1-11(2-4-13)7-12(10-21)8-20-16(22)14-5-6-19-9-15(14)18/h1-6,9,12,21H,7-8,10H2,(H,20,22)/t12-/m1/s1. The van der Waals surface area contributed by atoms with Crippen molar-refractivity contribution in [1.29, 1.82) is 0 Å². The number of nitrogens with zero attached hydrogens (tertiary/aromatic N) is 1. The van der Waals surface area contributed by atoms with Crippen LogP contribution in [0.25, 0.3) is 0 Å². The average molecular weight is 323 g/mol. The number of nitrogens with one attached hydrogen (secondary N) is 1. The molecule has 1 aromatic carbocycles. The van der Waals surface area contributed by atoms with Gasteiger partial charge in [0.15, 0.2) is 5.82 Å². The SMILES string of the molecule is O=C(NC[C@H](CO)Cc1ccc(Cl)cc1)c1ccncc1F. The van der Waals surface area contributed by atoms with Gasteiger partial charge in [0.1, 0.15) is 0 Å². The lowest BCUT2D eigenvalue weighted by Crippen LogP contribution is -2.32. The molecule has 0 aliphatic rings. The fraction of sp³-hybridized carbons (Fsp3) is 0.250. The molecule has 1 amide bonds. The number of halogens is 2. The first-order chi connectivity index (χ1) is 10.6. The number of aliphatic hydroxyl groups is 1. The zero-order valence-corrected chi connectivity index (χ0v) is 12.6. The molecule has 6 heteroatoms. The second-order valence-corrected chi connectivity index (χ2v) is 5.38. The highest BCUT2D eigenvalue weighted by molar-refractivity contribution is 6.30. The van der Waals surface area contributed by atoms with Gasteiger partial charge in [-0.25, -0.2) is 4.39 Å². The molecule has 0 aliphatic carbocycles. The number of rotatable bonds is 6. The van der Waals surface area contributed by atoms with E-state index in [-0.39, 0.29) is 24.6 Å². The van der Waals surface area contributed by atoms with E-state index in [1.165, 1.54) is 12.3 Å². The minimum absolute atomic E-state index is 0.0572. The summed E-state index contributed by atoms with van der Waals surface area (Å²) >= 11 is 5.82. The van der Waals surface area contributed by atoms with Gasteiger partial charge < -0.3 is 10.4 Å². The molecule has 1 aromatic heterocycles. The van der Waals surface area contributed by atoms with Gasteiger partial charge in [-0.3, -0.25) is 9.78 Å². The molecule has 0 unspecified atom stereocenters. The van der Waals surface area contributed by atoms with Gasteiger partial charge in [0.25, 0.3) is 5.91 Å². The quantitative estimate of drug-likeness (QED) is 0.858. The van der Waals surface area contributed by atoms with Crippen molar-refractivity contribution in [2.45, 2.75) is 6.42 Å². The van der Waals surface area contributed by atoms with E-state index in [2.05, 4.69) is 10.3 Å². The van der Waals surface area contributed by atoms with Crippen molar-refractivity contribution in [1.82, 2.24) is 10.3 Å². The van der Waals surface area contributed by atoms with Crippen molar-refractivity contribution in [3.05, 3.63) is 64.7 Å². The number of aromatic nitrogens is 1. The van der Waals surface area contributed by atoms with Crippen LogP contribution in [0, 0.1) is 11.7 Å². The monoisotopic (exact) mass is 322 g/mol. The molecule has 0 radical (unpaired) electrons. The number of carbonyl (C=O) groups is 1. The molecule has 2 aromatic rings. The van der Waals surface area contributed by atoms with Gasteiger partial charge in [-0.05, 0) is 30.2 Å². The van der Waals surface area contributed by atoms with E-state index in [4.69, 9.17) is 11.6 Å². The molecule has 116 valence electrons. The summed E-state index contributed by atoms with van der Waals surface area (Å²) < 4.78 is 13.4. The van der Waals surface area contributed by atoms with Gasteiger partial charge >= 0.3 is 0 Å². The average Bonchev–Trinajstić information content (AvgIpc) is 2.53. The van der Waals surface area contributed by atoms with Crippen molar-refractivity contribution in [3.63, 3.8) is 0 Å². The third kappa shape index (κ3) is 4.51. The summed E-state index contributed by atoms with van der Waals surface area (Å²) in [4.78, 5) is 15.5. The molecular formula is C16H16ClFN2O2. The summed E-state index contributed by atoms with van der Waals surface area (Å²) in [7, 11) is 0. The normalized spacial score (nSPS) is 12.0. The van der Waals surface area contributed by atoms with Crippen LogP contribution in [0.5, 0.6) is 0 Å². The Bertz CT molecular complexity index is 634. The zero-order chi connectivity index (χ0) is 15.9. The van der Waals surface area contributed by atoms with Crippen LogP contribution in [-0.4, -0.2) is 29.1 Å². The molecular weight excluding hydrogens is 307 g/mol. The minimum atomic E-state index is -0.668. The fourth-order valence-electron chi connectivity index (χ4n) is 2.05. The lowest BCUT2D eigenvalue weighted by molar-refractivity contribution is 0.0935. The van der Waals surface area contributed by atoms with Crippen LogP contribution < -0.4 is 5.32 Å². The van der Waals surface area contributed by atoms with Crippen LogP contribution in [0.3, 0.4) is 0 Å². The first kappa shape index (κ1) is 16.4. The van der Waals surface area contributed by atoms with Gasteiger partial charge in [0, 0.05) is 30.3 Å². The summed E-state index contributed by atoms with van der Waals surface area (Å²) in [5, 5.41) is 12.7. The molecule has 0 saturated carbocycles. The van der Waals surface area contributed by atoms with E-state index in [9.17, 15) is 14.3 Å². The maximum Gasteiger partial charge on any atom is 0.254 e. The number of hydrogen-bond acceptors (Lipinski definition) is 3. The van der Waals surface area contributed by atoms with E-state index in [1.807, 2.05) is 12.1 Å². The van der Waals surface area contributed by atoms with Crippen molar-refractivity contribution in [2.75, 3.05) is 13.2 Å². The van der Waals surface area contributed by atoms with Crippen LogP contribution >= 0.6 is 11.6 Å². The molecule has 2 rings (SSSR count). The summed E-state index contributed by atoms with van der Waals surface area (Å²) in [5.41, 5.74) is 0.950. The zero-order valence-electron chi connectivity index (χ0n) is 11.8. The second kappa shape index (κ2) is 7.87. The Kier molecular flexibility index (Phi) is 5.86. The lowest BCUT2D eigenvalue weighted by atomic mass is 10.00. The molecule has 0 saturated heterocycles. The van der Waals surface area contributed by atoms with Gasteiger partial charge in [-0.2, -0.15) is 0 Å². The summed E-state index contributed by atoms with van der Waals surface area (Å²) in [6.07, 6.45) is 2.94. The smallest absolute Gasteiger partial charge is 0.254 e. The van der Waals surface area contributed by atoms with Crippen LogP contribution in [0.1, 0.15) is 15.9 Å². The van der Waals surface area contributed by atoms with E-state index in [1.54, 1.807) is 12.1 Å². The molecule has 0 bridgehead atoms. The fourth-order valence-corrected chi connectivity index (χ4v) is 2.17. The maximum atomic E-state index is 13.4. The first-order valence-corrected chi connectivity index (χ1v) is 7.21. The molecule has 1 atom stereocenters. The van der Waals surface area contributed by atoms with E-state index < -0.39 is 11.7 Å². The van der Waals surface area contributed by atoms with Crippen molar-refractivity contribution < 1.29 is 14.3 Å². The third-order valence-electron chi connectivity index (χ3n) is 3.26. The number of hydrogen-bond donors (Lipinski definition) is 2. The van der Waals surface area contributed by atoms with Crippen LogP contribution in [-0.2, 0) is 6.42 Å². The molecule has 22 heavy (non-hydrogen) atoms. The highest BCUT2D eigenvalue weighted by Crippen LogP contribution is 2.13. The molecule has 2 N–H and O–H groups in total. The van der Waals surface area contributed by atoms with E-state index in [0.717, 1.165) is 11.8 Å². The third-order valence-corrected chi connectivity index (χ3v) is 3.52. The molecule has 0 spiro atoms. The molecule has 4 nitrogen and oxygen atoms in total. The van der Waals surface area contributed by atoms with E-state index in [0.29, 0.717) is 11.4 Å². The summed E-state index contributed by atoms with van der Waals surface area (Å²) in [6, 6.07) is 8.61. The number of aliphatic hydroxyl groups excluding tert-OH is 1. The predicted octanol–water partition coefficient (Wildman–Crippen LogP) is 2.46. The highest BCUT2D eigenvalue weighted by Gasteiger charge is 2.14. The van der Waals surface area contributed by atoms with Gasteiger partial charge in [0.05, 0.1) is 11.8 Å². The number of pyridine rings is 1. The Morgan fingerprint density at radius 3 is 2.68 bits per heavy atom. The minimum Gasteiger partial charge on any atom is -0.396 e. The Balaban J connectivity index is 1.92. The van der Waals surface area contributed by atoms with E-state index >= 15 is 0 Å². The van der Waals surface area contributed by atoms with Crippen LogP contribution in [0.15, 0.2) is 42.7 Å². The number of amides is 1. The van der Waals surface area contributed by atoms with Crippen molar-refractivity contribution in [2.24, 2.45) is 5.92 Å². The van der Waals surface area contributed by atoms with Gasteiger partial charge in [-0.15, -0.1) is 0 Å². The second-order valence-electron chi connectivity index (χ2n) is 4.94. The molecule has 0 aliphatic heterocycles. The molecule has 1 heterocycles. The Morgan fingerprint density at radius 1 is 1.32 bits per heavy atom. The Labute approximate surface area is 133 Å². The maximum absolute atomic E-state index is 13.4. The Morgan fingerprint density at radius 2 is 2.05 bits per heavy atom. The topological polar surface area (TPSA) is 62.2 Å².